The first-order valence-electron chi connectivity index (χ1n) is 13.8. The molecule has 5 rings (SSSR count). The molecule has 0 radical (unpaired) electrons. The average Bonchev–Trinajstić information content (AvgIpc) is 3.54. The van der Waals surface area contributed by atoms with E-state index in [9.17, 15) is 13.2 Å². The molecule has 0 N–H and O–H groups in total. The number of sulfonamides is 1. The van der Waals surface area contributed by atoms with Gasteiger partial charge >= 0.3 is 0 Å². The number of amides is 1. The topological polar surface area (TPSA) is 73.8 Å². The molecule has 1 saturated heterocycles. The van der Waals surface area contributed by atoms with E-state index in [1.807, 2.05) is 42.6 Å². The highest BCUT2D eigenvalue weighted by Gasteiger charge is 2.32. The van der Waals surface area contributed by atoms with Crippen LogP contribution >= 0.6 is 23.2 Å². The molecule has 10 heteroatoms. The summed E-state index contributed by atoms with van der Waals surface area (Å²) in [6, 6.07) is 24.4. The number of benzene rings is 3. The predicted octanol–water partition coefficient (Wildman–Crippen LogP) is 6.55. The number of carbonyl (C=O) groups is 1. The lowest BCUT2D eigenvalue weighted by Gasteiger charge is -2.34. The van der Waals surface area contributed by atoms with Gasteiger partial charge in [0.1, 0.15) is 6.54 Å². The third-order valence-corrected chi connectivity index (χ3v) is 10.1. The first kappa shape index (κ1) is 30.0. The number of anilines is 1. The fourth-order valence-corrected chi connectivity index (χ4v) is 6.90. The Bertz CT molecular complexity index is 1620. The van der Waals surface area contributed by atoms with E-state index < -0.39 is 16.6 Å². The molecule has 2 heterocycles. The van der Waals surface area contributed by atoms with Gasteiger partial charge in [-0.1, -0.05) is 71.7 Å². The fraction of sp³-hybridized carbons (Fsp3) is 0.250. The van der Waals surface area contributed by atoms with E-state index in [4.69, 9.17) is 23.2 Å². The number of hydrogen-bond donors (Lipinski definition) is 0. The molecule has 0 spiro atoms. The van der Waals surface area contributed by atoms with E-state index >= 15 is 0 Å². The Kier molecular flexibility index (Phi) is 9.48. The van der Waals surface area contributed by atoms with Crippen LogP contribution in [0.1, 0.15) is 24.4 Å². The number of likely N-dealkylation sites (tertiary alicyclic amines) is 1. The van der Waals surface area contributed by atoms with Gasteiger partial charge in [0.25, 0.3) is 10.0 Å². The lowest BCUT2D eigenvalue weighted by Crippen LogP contribution is -2.45. The van der Waals surface area contributed by atoms with Gasteiger partial charge in [0, 0.05) is 26.0 Å². The molecule has 1 atom stereocenters. The zero-order valence-electron chi connectivity index (χ0n) is 23.2. The van der Waals surface area contributed by atoms with Crippen LogP contribution in [0.2, 0.25) is 10.0 Å². The number of nitrogens with zero attached hydrogens (tertiary/aromatic N) is 4. The normalized spacial score (nSPS) is 14.5. The molecule has 1 fully saturated rings. The minimum absolute atomic E-state index is 0.0751. The second-order valence-corrected chi connectivity index (χ2v) is 13.0. The Hall–Kier alpha value is -3.43. The Morgan fingerprint density at radius 3 is 2.26 bits per heavy atom. The fourth-order valence-electron chi connectivity index (χ4n) is 5.18. The Balaban J connectivity index is 1.46. The van der Waals surface area contributed by atoms with Crippen LogP contribution in [0.25, 0.3) is 11.1 Å². The molecule has 0 saturated carbocycles. The first-order valence-corrected chi connectivity index (χ1v) is 15.9. The van der Waals surface area contributed by atoms with Gasteiger partial charge in [-0.2, -0.15) is 0 Å². The molecule has 4 aromatic rings. The Morgan fingerprint density at radius 2 is 1.62 bits per heavy atom. The smallest absolute Gasteiger partial charge is 0.264 e. The van der Waals surface area contributed by atoms with Crippen LogP contribution in [-0.4, -0.2) is 62.3 Å². The van der Waals surface area contributed by atoms with E-state index in [-0.39, 0.29) is 27.6 Å². The molecule has 0 aliphatic carbocycles. The highest BCUT2D eigenvalue weighted by Crippen LogP contribution is 2.32. The van der Waals surface area contributed by atoms with Crippen molar-refractivity contribution in [3.8, 4) is 11.1 Å². The summed E-state index contributed by atoms with van der Waals surface area (Å²) in [6.07, 6.45) is 5.79. The van der Waals surface area contributed by atoms with E-state index in [2.05, 4.69) is 9.88 Å². The number of hydrogen-bond acceptors (Lipinski definition) is 5. The zero-order chi connectivity index (χ0) is 29.7. The summed E-state index contributed by atoms with van der Waals surface area (Å²) >= 11 is 12.4. The van der Waals surface area contributed by atoms with E-state index in [0.717, 1.165) is 46.9 Å². The van der Waals surface area contributed by atoms with Crippen LogP contribution in [-0.2, 0) is 14.8 Å². The molecule has 218 valence electrons. The summed E-state index contributed by atoms with van der Waals surface area (Å²) in [6.45, 7) is 2.16. The Morgan fingerprint density at radius 1 is 0.905 bits per heavy atom. The second-order valence-electron chi connectivity index (χ2n) is 10.3. The van der Waals surface area contributed by atoms with Crippen molar-refractivity contribution in [3.63, 3.8) is 0 Å². The molecule has 3 aromatic carbocycles. The quantitative estimate of drug-likeness (QED) is 0.201. The minimum atomic E-state index is -4.09. The molecule has 1 unspecified atom stereocenters. The summed E-state index contributed by atoms with van der Waals surface area (Å²) < 4.78 is 28.8. The van der Waals surface area contributed by atoms with E-state index in [0.29, 0.717) is 11.6 Å². The minimum Gasteiger partial charge on any atom is -0.336 e. The summed E-state index contributed by atoms with van der Waals surface area (Å²) in [4.78, 5) is 22.3. The molecule has 7 nitrogen and oxygen atoms in total. The van der Waals surface area contributed by atoms with Crippen molar-refractivity contribution in [2.75, 3.05) is 37.5 Å². The maximum Gasteiger partial charge on any atom is 0.264 e. The van der Waals surface area contributed by atoms with Gasteiger partial charge in [-0.15, -0.1) is 0 Å². The van der Waals surface area contributed by atoms with Crippen LogP contribution in [0.4, 0.5) is 5.69 Å². The largest absolute Gasteiger partial charge is 0.336 e. The van der Waals surface area contributed by atoms with E-state index in [1.165, 1.54) is 24.3 Å². The molecule has 42 heavy (non-hydrogen) atoms. The number of carbonyl (C=O) groups excluding carboxylic acids is 1. The maximum atomic E-state index is 14.0. The average molecular weight is 624 g/mol. The maximum absolute atomic E-state index is 14.0. The monoisotopic (exact) mass is 622 g/mol. The standard InChI is InChI=1S/C32H32Cl2N4O3S/c1-36(31(22-37-18-5-6-19-37)25-13-11-24(12-14-25)26-8-7-17-35-21-26)32(39)23-38(27-15-16-29(33)30(34)20-27)42(40,41)28-9-3-2-4-10-28/h2-4,7-17,20-21,31H,5-6,18-19,22-23H2,1H3. The van der Waals surface area contributed by atoms with Crippen molar-refractivity contribution in [1.29, 1.82) is 0 Å². The lowest BCUT2D eigenvalue weighted by atomic mass is 10.0. The third-order valence-electron chi connectivity index (χ3n) is 7.58. The van der Waals surface area contributed by atoms with Gasteiger partial charge < -0.3 is 9.80 Å². The molecule has 1 amide bonds. The second kappa shape index (κ2) is 13.3. The van der Waals surface area contributed by atoms with Crippen LogP contribution < -0.4 is 4.31 Å². The predicted molar refractivity (Wildman–Crippen MR) is 168 cm³/mol. The van der Waals surface area contributed by atoms with Gasteiger partial charge in [-0.25, -0.2) is 8.42 Å². The summed E-state index contributed by atoms with van der Waals surface area (Å²) in [5.74, 6) is -0.346. The highest BCUT2D eigenvalue weighted by molar-refractivity contribution is 7.92. The number of aromatic nitrogens is 1. The number of rotatable bonds is 10. The van der Waals surface area contributed by atoms with Crippen LogP contribution in [0.15, 0.2) is 102 Å². The van der Waals surface area contributed by atoms with Crippen molar-refractivity contribution in [2.45, 2.75) is 23.8 Å². The highest BCUT2D eigenvalue weighted by atomic mass is 35.5. The summed E-state index contributed by atoms with van der Waals surface area (Å²) in [7, 11) is -2.36. The van der Waals surface area contributed by atoms with Crippen LogP contribution in [0, 0.1) is 0 Å². The van der Waals surface area contributed by atoms with Crippen LogP contribution in [0.5, 0.6) is 0 Å². The Labute approximate surface area is 257 Å². The summed E-state index contributed by atoms with van der Waals surface area (Å²) in [5, 5.41) is 0.491. The van der Waals surface area contributed by atoms with Gasteiger partial charge in [0.2, 0.25) is 5.91 Å². The molecule has 0 bridgehead atoms. The number of pyridine rings is 1. The molecule has 1 aromatic heterocycles. The van der Waals surface area contributed by atoms with Crippen molar-refractivity contribution in [2.24, 2.45) is 0 Å². The van der Waals surface area contributed by atoms with Crippen molar-refractivity contribution in [3.05, 3.63) is 113 Å². The lowest BCUT2D eigenvalue weighted by molar-refractivity contribution is -0.130. The number of likely N-dealkylation sites (N-methyl/N-ethyl adjacent to an activating group) is 1. The van der Waals surface area contributed by atoms with Crippen LogP contribution in [0.3, 0.4) is 0 Å². The van der Waals surface area contributed by atoms with Crippen molar-refractivity contribution < 1.29 is 13.2 Å². The molecule has 1 aliphatic heterocycles. The summed E-state index contributed by atoms with van der Waals surface area (Å²) in [5.41, 5.74) is 3.26. The third kappa shape index (κ3) is 6.79. The van der Waals surface area contributed by atoms with Gasteiger partial charge in [0.05, 0.1) is 26.7 Å². The first-order chi connectivity index (χ1) is 20.2. The molecule has 1 aliphatic rings. The van der Waals surface area contributed by atoms with Gasteiger partial charge in [-0.05, 0) is 79.0 Å². The SMILES string of the molecule is CN(C(=O)CN(c1ccc(Cl)c(Cl)c1)S(=O)(=O)c1ccccc1)C(CN1CCCC1)c1ccc(-c2cccnc2)cc1. The van der Waals surface area contributed by atoms with Gasteiger partial charge in [0.15, 0.2) is 0 Å². The van der Waals surface area contributed by atoms with Gasteiger partial charge in [-0.3, -0.25) is 14.1 Å². The van der Waals surface area contributed by atoms with Crippen molar-refractivity contribution in [1.82, 2.24) is 14.8 Å². The molecular formula is C32H32Cl2N4O3S. The molecular weight excluding hydrogens is 591 g/mol. The van der Waals surface area contributed by atoms with Crippen molar-refractivity contribution >= 4 is 44.8 Å². The van der Waals surface area contributed by atoms with E-state index in [1.54, 1.807) is 42.4 Å². The number of halogens is 2. The zero-order valence-corrected chi connectivity index (χ0v) is 25.6.